The summed E-state index contributed by atoms with van der Waals surface area (Å²) in [7, 11) is 1.98. The molecule has 164 valence electrons. The van der Waals surface area contributed by atoms with E-state index in [1.807, 2.05) is 26.1 Å². The molecule has 3 heterocycles. The van der Waals surface area contributed by atoms with Crippen LogP contribution in [-0.2, 0) is 6.54 Å². The van der Waals surface area contributed by atoms with Gasteiger partial charge in [-0.25, -0.2) is 9.97 Å². The molecule has 4 aromatic rings. The van der Waals surface area contributed by atoms with Gasteiger partial charge < -0.3 is 20.1 Å². The first-order chi connectivity index (χ1) is 15.6. The minimum atomic E-state index is 0.0934. The fraction of sp³-hybridized carbons (Fsp3) is 0.280. The summed E-state index contributed by atoms with van der Waals surface area (Å²) < 4.78 is 11.5. The second kappa shape index (κ2) is 8.76. The van der Waals surface area contributed by atoms with Crippen LogP contribution in [0.3, 0.4) is 0 Å². The Balaban J connectivity index is 1.45. The minimum Gasteiger partial charge on any atom is -0.486 e. The smallest absolute Gasteiger partial charge is 0.163 e. The van der Waals surface area contributed by atoms with E-state index in [0.29, 0.717) is 13.2 Å². The maximum absolute atomic E-state index is 5.78. The number of nitrogens with zero attached hydrogens (tertiary/aromatic N) is 2. The van der Waals surface area contributed by atoms with Crippen molar-refractivity contribution in [1.29, 1.82) is 0 Å². The molecule has 2 N–H and O–H groups in total. The summed E-state index contributed by atoms with van der Waals surface area (Å²) in [5, 5.41) is 10.0. The van der Waals surface area contributed by atoms with Crippen molar-refractivity contribution in [3.63, 3.8) is 0 Å². The van der Waals surface area contributed by atoms with Crippen molar-refractivity contribution in [2.75, 3.05) is 25.6 Å². The van der Waals surface area contributed by atoms with Crippen LogP contribution in [0.5, 0.6) is 11.5 Å². The van der Waals surface area contributed by atoms with Crippen molar-refractivity contribution in [3.05, 3.63) is 64.1 Å². The van der Waals surface area contributed by atoms with Gasteiger partial charge in [-0.15, -0.1) is 11.3 Å². The van der Waals surface area contributed by atoms with Gasteiger partial charge in [0.15, 0.2) is 11.5 Å². The van der Waals surface area contributed by atoms with Gasteiger partial charge in [0.1, 0.15) is 24.9 Å². The highest BCUT2D eigenvalue weighted by atomic mass is 32.1. The first-order valence-corrected chi connectivity index (χ1v) is 11.7. The molecule has 2 aromatic carbocycles. The third-order valence-corrected chi connectivity index (χ3v) is 6.68. The first-order valence-electron chi connectivity index (χ1n) is 10.8. The molecule has 32 heavy (non-hydrogen) atoms. The molecule has 0 fully saturated rings. The SMILES string of the molecule is CNCc1ccccc1-c1csc(C(C)Nc2nc(C)nc3cc4c(cc23)OCCO4)c1. The quantitative estimate of drug-likeness (QED) is 0.417. The van der Waals surface area contributed by atoms with E-state index >= 15 is 0 Å². The predicted molar refractivity (Wildman–Crippen MR) is 130 cm³/mol. The summed E-state index contributed by atoms with van der Waals surface area (Å²) in [6.45, 7) is 6.03. The third kappa shape index (κ3) is 4.01. The van der Waals surface area contributed by atoms with Crippen LogP contribution in [-0.4, -0.2) is 30.2 Å². The molecule has 6 nitrogen and oxygen atoms in total. The van der Waals surface area contributed by atoms with Gasteiger partial charge in [0, 0.05) is 22.9 Å². The molecular weight excluding hydrogens is 420 g/mol. The van der Waals surface area contributed by atoms with Crippen LogP contribution in [0.15, 0.2) is 47.8 Å². The van der Waals surface area contributed by atoms with Gasteiger partial charge in [-0.3, -0.25) is 0 Å². The molecule has 0 amide bonds. The summed E-state index contributed by atoms with van der Waals surface area (Å²) in [6, 6.07) is 14.8. The van der Waals surface area contributed by atoms with Gasteiger partial charge in [-0.2, -0.15) is 0 Å². The van der Waals surface area contributed by atoms with E-state index in [-0.39, 0.29) is 6.04 Å². The lowest BCUT2D eigenvalue weighted by Crippen LogP contribution is -2.15. The summed E-state index contributed by atoms with van der Waals surface area (Å²) >= 11 is 1.76. The van der Waals surface area contributed by atoms with Crippen LogP contribution in [0, 0.1) is 6.92 Å². The average Bonchev–Trinajstić information content (AvgIpc) is 3.29. The normalized spacial score (nSPS) is 13.8. The largest absolute Gasteiger partial charge is 0.486 e. The Labute approximate surface area is 191 Å². The fourth-order valence-electron chi connectivity index (χ4n) is 4.04. The van der Waals surface area contributed by atoms with Crippen molar-refractivity contribution in [2.45, 2.75) is 26.4 Å². The Kier molecular flexibility index (Phi) is 5.68. The standard InChI is InChI=1S/C25H26N4O2S/c1-15(24-10-18(14-32-24)19-7-5-4-6-17(19)13-26-3)27-25-20-11-22-23(31-9-8-30-22)12-21(20)28-16(2)29-25/h4-7,10-12,14-15,26H,8-9,13H2,1-3H3,(H,27,28,29). The maximum Gasteiger partial charge on any atom is 0.163 e. The lowest BCUT2D eigenvalue weighted by atomic mass is 10.0. The van der Waals surface area contributed by atoms with Crippen LogP contribution in [0.25, 0.3) is 22.0 Å². The highest BCUT2D eigenvalue weighted by Crippen LogP contribution is 2.38. The van der Waals surface area contributed by atoms with Crippen LogP contribution in [0.4, 0.5) is 5.82 Å². The van der Waals surface area contributed by atoms with Gasteiger partial charge in [0.05, 0.1) is 11.6 Å². The summed E-state index contributed by atoms with van der Waals surface area (Å²) in [6.07, 6.45) is 0. The predicted octanol–water partition coefficient (Wildman–Crippen LogP) is 5.33. The first kappa shape index (κ1) is 20.7. The number of anilines is 1. The Morgan fingerprint density at radius 1 is 1.06 bits per heavy atom. The summed E-state index contributed by atoms with van der Waals surface area (Å²) in [4.78, 5) is 10.6. The second-order valence-corrected chi connectivity index (χ2v) is 8.87. The Hall–Kier alpha value is -3.16. The molecule has 0 saturated heterocycles. The molecule has 0 saturated carbocycles. The van der Waals surface area contributed by atoms with Crippen molar-refractivity contribution in [1.82, 2.24) is 15.3 Å². The van der Waals surface area contributed by atoms with Crippen LogP contribution in [0.2, 0.25) is 0 Å². The van der Waals surface area contributed by atoms with E-state index in [0.717, 1.165) is 40.6 Å². The topological polar surface area (TPSA) is 68.3 Å². The van der Waals surface area contributed by atoms with Crippen molar-refractivity contribution in [3.8, 4) is 22.6 Å². The van der Waals surface area contributed by atoms with E-state index in [2.05, 4.69) is 58.3 Å². The summed E-state index contributed by atoms with van der Waals surface area (Å²) in [5.41, 5.74) is 4.66. The Morgan fingerprint density at radius 3 is 2.66 bits per heavy atom. The van der Waals surface area contributed by atoms with Crippen LogP contribution >= 0.6 is 11.3 Å². The number of thiophene rings is 1. The van der Waals surface area contributed by atoms with Gasteiger partial charge in [0.25, 0.3) is 0 Å². The van der Waals surface area contributed by atoms with E-state index in [9.17, 15) is 0 Å². The lowest BCUT2D eigenvalue weighted by Gasteiger charge is -2.20. The molecule has 2 aromatic heterocycles. The van der Waals surface area contributed by atoms with Gasteiger partial charge in [-0.05, 0) is 55.1 Å². The number of aryl methyl sites for hydroxylation is 1. The molecule has 1 atom stereocenters. The van der Waals surface area contributed by atoms with E-state index in [1.165, 1.54) is 21.6 Å². The highest BCUT2D eigenvalue weighted by Gasteiger charge is 2.18. The average molecular weight is 447 g/mol. The molecule has 1 unspecified atom stereocenters. The van der Waals surface area contributed by atoms with Crippen molar-refractivity contribution in [2.24, 2.45) is 0 Å². The monoisotopic (exact) mass is 446 g/mol. The molecule has 0 aliphatic carbocycles. The van der Waals surface area contributed by atoms with Gasteiger partial charge in [0.2, 0.25) is 0 Å². The Morgan fingerprint density at radius 2 is 1.84 bits per heavy atom. The van der Waals surface area contributed by atoms with Crippen molar-refractivity contribution >= 4 is 28.1 Å². The van der Waals surface area contributed by atoms with E-state index < -0.39 is 0 Å². The van der Waals surface area contributed by atoms with Crippen LogP contribution < -0.4 is 20.1 Å². The molecular formula is C25H26N4O2S. The lowest BCUT2D eigenvalue weighted by molar-refractivity contribution is 0.172. The second-order valence-electron chi connectivity index (χ2n) is 7.92. The number of hydrogen-bond donors (Lipinski definition) is 2. The molecule has 1 aliphatic heterocycles. The molecule has 0 spiro atoms. The number of benzene rings is 2. The zero-order valence-electron chi connectivity index (χ0n) is 18.4. The number of nitrogens with one attached hydrogen (secondary N) is 2. The number of rotatable bonds is 6. The number of aromatic nitrogens is 2. The minimum absolute atomic E-state index is 0.0934. The number of ether oxygens (including phenoxy) is 2. The molecule has 5 rings (SSSR count). The van der Waals surface area contributed by atoms with E-state index in [4.69, 9.17) is 14.5 Å². The van der Waals surface area contributed by atoms with Gasteiger partial charge >= 0.3 is 0 Å². The fourth-order valence-corrected chi connectivity index (χ4v) is 4.95. The third-order valence-electron chi connectivity index (χ3n) is 5.57. The molecule has 0 radical (unpaired) electrons. The zero-order valence-corrected chi connectivity index (χ0v) is 19.3. The van der Waals surface area contributed by atoms with Crippen molar-refractivity contribution < 1.29 is 9.47 Å². The molecule has 7 heteroatoms. The zero-order chi connectivity index (χ0) is 22.1. The Bertz CT molecular complexity index is 1270. The van der Waals surface area contributed by atoms with E-state index in [1.54, 1.807) is 11.3 Å². The number of fused-ring (bicyclic) bond motifs is 2. The molecule has 1 aliphatic rings. The molecule has 0 bridgehead atoms. The highest BCUT2D eigenvalue weighted by molar-refractivity contribution is 7.10. The number of hydrogen-bond acceptors (Lipinski definition) is 7. The summed E-state index contributed by atoms with van der Waals surface area (Å²) in [5.74, 6) is 3.01. The van der Waals surface area contributed by atoms with Crippen LogP contribution in [0.1, 0.15) is 29.2 Å². The van der Waals surface area contributed by atoms with Gasteiger partial charge in [-0.1, -0.05) is 24.3 Å². The maximum atomic E-state index is 5.78.